The SMILES string of the molecule is CCC(C)C1NC(=O)C(C)NC1=O. The average Bonchev–Trinajstić information content (AvgIpc) is 2.10. The first-order chi connectivity index (χ1) is 6.06. The van der Waals surface area contributed by atoms with Crippen molar-refractivity contribution in [2.24, 2.45) is 5.92 Å². The van der Waals surface area contributed by atoms with Crippen molar-refractivity contribution in [1.82, 2.24) is 10.6 Å². The van der Waals surface area contributed by atoms with Crippen LogP contribution in [0.25, 0.3) is 0 Å². The maximum absolute atomic E-state index is 11.4. The molecular formula is C9H16N2O2. The molecule has 1 heterocycles. The lowest BCUT2D eigenvalue weighted by Gasteiger charge is -2.30. The Morgan fingerprint density at radius 1 is 1.31 bits per heavy atom. The van der Waals surface area contributed by atoms with Crippen molar-refractivity contribution in [3.8, 4) is 0 Å². The van der Waals surface area contributed by atoms with Crippen LogP contribution in [0.15, 0.2) is 0 Å². The highest BCUT2D eigenvalue weighted by molar-refractivity contribution is 5.96. The molecule has 0 aromatic rings. The Labute approximate surface area is 78.1 Å². The molecule has 3 atom stereocenters. The lowest BCUT2D eigenvalue weighted by atomic mass is 9.96. The number of hydrogen-bond donors (Lipinski definition) is 2. The minimum absolute atomic E-state index is 0.0681. The van der Waals surface area contributed by atoms with Crippen LogP contribution in [-0.2, 0) is 9.59 Å². The summed E-state index contributed by atoms with van der Waals surface area (Å²) in [7, 11) is 0. The first kappa shape index (κ1) is 10.0. The third-order valence-corrected chi connectivity index (χ3v) is 2.55. The second kappa shape index (κ2) is 3.77. The Bertz CT molecular complexity index is 228. The van der Waals surface area contributed by atoms with E-state index in [0.29, 0.717) is 0 Å². The number of hydrogen-bond acceptors (Lipinski definition) is 2. The van der Waals surface area contributed by atoms with Gasteiger partial charge in [-0.2, -0.15) is 0 Å². The Hall–Kier alpha value is -1.06. The molecular weight excluding hydrogens is 168 g/mol. The van der Waals surface area contributed by atoms with E-state index in [1.807, 2.05) is 13.8 Å². The molecule has 74 valence electrons. The summed E-state index contributed by atoms with van der Waals surface area (Å²) in [6, 6.07) is -0.749. The van der Waals surface area contributed by atoms with E-state index in [1.54, 1.807) is 6.92 Å². The van der Waals surface area contributed by atoms with Gasteiger partial charge in [-0.15, -0.1) is 0 Å². The minimum atomic E-state index is -0.396. The highest BCUT2D eigenvalue weighted by Crippen LogP contribution is 2.10. The quantitative estimate of drug-likeness (QED) is 0.636. The van der Waals surface area contributed by atoms with Gasteiger partial charge in [-0.1, -0.05) is 20.3 Å². The molecule has 13 heavy (non-hydrogen) atoms. The molecule has 1 rings (SSSR count). The summed E-state index contributed by atoms with van der Waals surface area (Å²) in [5.74, 6) is 0.0304. The van der Waals surface area contributed by atoms with Gasteiger partial charge in [0.05, 0.1) is 0 Å². The van der Waals surface area contributed by atoms with Gasteiger partial charge in [0, 0.05) is 0 Å². The monoisotopic (exact) mass is 184 g/mol. The van der Waals surface area contributed by atoms with E-state index in [-0.39, 0.29) is 23.8 Å². The minimum Gasteiger partial charge on any atom is -0.343 e. The Balaban J connectivity index is 2.66. The molecule has 0 spiro atoms. The van der Waals surface area contributed by atoms with Crippen molar-refractivity contribution in [2.75, 3.05) is 0 Å². The first-order valence-electron chi connectivity index (χ1n) is 4.67. The van der Waals surface area contributed by atoms with Crippen molar-refractivity contribution >= 4 is 11.8 Å². The van der Waals surface area contributed by atoms with E-state index in [1.165, 1.54) is 0 Å². The summed E-state index contributed by atoms with van der Waals surface area (Å²) < 4.78 is 0. The number of piperazine rings is 1. The molecule has 0 aliphatic carbocycles. The summed E-state index contributed by atoms with van der Waals surface area (Å²) in [6.45, 7) is 5.64. The summed E-state index contributed by atoms with van der Waals surface area (Å²) in [5, 5.41) is 5.36. The van der Waals surface area contributed by atoms with E-state index in [4.69, 9.17) is 0 Å². The van der Waals surface area contributed by atoms with E-state index in [9.17, 15) is 9.59 Å². The molecule has 1 saturated heterocycles. The molecule has 2 amide bonds. The van der Waals surface area contributed by atoms with E-state index in [0.717, 1.165) is 6.42 Å². The fourth-order valence-electron chi connectivity index (χ4n) is 1.35. The van der Waals surface area contributed by atoms with E-state index in [2.05, 4.69) is 10.6 Å². The van der Waals surface area contributed by atoms with Gasteiger partial charge in [0.1, 0.15) is 12.1 Å². The maximum Gasteiger partial charge on any atom is 0.243 e. The van der Waals surface area contributed by atoms with Crippen LogP contribution in [0, 0.1) is 5.92 Å². The lowest BCUT2D eigenvalue weighted by Crippen LogP contribution is -2.62. The predicted molar refractivity (Wildman–Crippen MR) is 49.0 cm³/mol. The number of carbonyl (C=O) groups excluding carboxylic acids is 2. The zero-order valence-electron chi connectivity index (χ0n) is 8.26. The van der Waals surface area contributed by atoms with Crippen molar-refractivity contribution in [3.63, 3.8) is 0 Å². The van der Waals surface area contributed by atoms with Crippen molar-refractivity contribution in [2.45, 2.75) is 39.3 Å². The maximum atomic E-state index is 11.4. The summed E-state index contributed by atoms with van der Waals surface area (Å²) in [5.41, 5.74) is 0. The van der Waals surface area contributed by atoms with Gasteiger partial charge in [-0.25, -0.2) is 0 Å². The summed E-state index contributed by atoms with van der Waals surface area (Å²) >= 11 is 0. The van der Waals surface area contributed by atoms with Crippen molar-refractivity contribution < 1.29 is 9.59 Å². The lowest BCUT2D eigenvalue weighted by molar-refractivity contribution is -0.137. The van der Waals surface area contributed by atoms with Crippen LogP contribution in [0.1, 0.15) is 27.2 Å². The average molecular weight is 184 g/mol. The highest BCUT2D eigenvalue weighted by atomic mass is 16.2. The third-order valence-electron chi connectivity index (χ3n) is 2.55. The second-order valence-corrected chi connectivity index (χ2v) is 3.60. The van der Waals surface area contributed by atoms with Crippen LogP contribution >= 0.6 is 0 Å². The van der Waals surface area contributed by atoms with Gasteiger partial charge in [0.2, 0.25) is 11.8 Å². The zero-order valence-corrected chi connectivity index (χ0v) is 8.26. The molecule has 2 N–H and O–H groups in total. The molecule has 4 nitrogen and oxygen atoms in total. The molecule has 4 heteroatoms. The molecule has 0 aromatic heterocycles. The van der Waals surface area contributed by atoms with Gasteiger partial charge in [0.25, 0.3) is 0 Å². The first-order valence-corrected chi connectivity index (χ1v) is 4.67. The number of rotatable bonds is 2. The molecule has 1 aliphatic heterocycles. The Kier molecular flexibility index (Phi) is 2.90. The molecule has 3 unspecified atom stereocenters. The topological polar surface area (TPSA) is 58.2 Å². The van der Waals surface area contributed by atoms with Crippen LogP contribution < -0.4 is 10.6 Å². The standard InChI is InChI=1S/C9H16N2O2/c1-4-5(2)7-9(13)10-6(3)8(12)11-7/h5-7H,4H2,1-3H3,(H,10,13)(H,11,12). The smallest absolute Gasteiger partial charge is 0.243 e. The van der Waals surface area contributed by atoms with Crippen molar-refractivity contribution in [3.05, 3.63) is 0 Å². The van der Waals surface area contributed by atoms with Crippen molar-refractivity contribution in [1.29, 1.82) is 0 Å². The predicted octanol–water partition coefficient (Wildman–Crippen LogP) is 0.0356. The number of carbonyl (C=O) groups is 2. The summed E-state index contributed by atoms with van der Waals surface area (Å²) in [4.78, 5) is 22.7. The van der Waals surface area contributed by atoms with Crippen LogP contribution in [-0.4, -0.2) is 23.9 Å². The van der Waals surface area contributed by atoms with Gasteiger partial charge in [-0.3, -0.25) is 9.59 Å². The second-order valence-electron chi connectivity index (χ2n) is 3.60. The van der Waals surface area contributed by atoms with Gasteiger partial charge in [0.15, 0.2) is 0 Å². The van der Waals surface area contributed by atoms with Crippen LogP contribution in [0.2, 0.25) is 0 Å². The Morgan fingerprint density at radius 3 is 2.46 bits per heavy atom. The van der Waals surface area contributed by atoms with E-state index >= 15 is 0 Å². The molecule has 0 aromatic carbocycles. The normalized spacial score (nSPS) is 30.7. The molecule has 0 radical (unpaired) electrons. The van der Waals surface area contributed by atoms with Crippen LogP contribution in [0.5, 0.6) is 0 Å². The fraction of sp³-hybridized carbons (Fsp3) is 0.778. The Morgan fingerprint density at radius 2 is 1.92 bits per heavy atom. The summed E-state index contributed by atoms with van der Waals surface area (Å²) in [6.07, 6.45) is 0.882. The van der Waals surface area contributed by atoms with Gasteiger partial charge >= 0.3 is 0 Å². The van der Waals surface area contributed by atoms with Gasteiger partial charge in [-0.05, 0) is 12.8 Å². The largest absolute Gasteiger partial charge is 0.343 e. The van der Waals surface area contributed by atoms with Crippen LogP contribution in [0.4, 0.5) is 0 Å². The molecule has 0 saturated carbocycles. The number of amides is 2. The fourth-order valence-corrected chi connectivity index (χ4v) is 1.35. The molecule has 1 fully saturated rings. The van der Waals surface area contributed by atoms with Crippen LogP contribution in [0.3, 0.4) is 0 Å². The highest BCUT2D eigenvalue weighted by Gasteiger charge is 2.33. The van der Waals surface area contributed by atoms with Gasteiger partial charge < -0.3 is 10.6 Å². The zero-order chi connectivity index (χ0) is 10.0. The molecule has 0 bridgehead atoms. The molecule has 1 aliphatic rings. The van der Waals surface area contributed by atoms with E-state index < -0.39 is 6.04 Å². The third kappa shape index (κ3) is 1.99. The number of nitrogens with one attached hydrogen (secondary N) is 2.